The summed E-state index contributed by atoms with van der Waals surface area (Å²) < 4.78 is 2.38. The summed E-state index contributed by atoms with van der Waals surface area (Å²) in [5, 5.41) is 10.3. The number of rotatable bonds is 8. The highest BCUT2D eigenvalue weighted by atomic mass is 15.1. The lowest BCUT2D eigenvalue weighted by Crippen LogP contribution is -2.11. The molecule has 0 aliphatic heterocycles. The van der Waals surface area contributed by atoms with Crippen molar-refractivity contribution in [2.75, 3.05) is 4.90 Å². The van der Waals surface area contributed by atoms with Crippen LogP contribution in [0.3, 0.4) is 0 Å². The molecule has 1 fully saturated rings. The Kier molecular flexibility index (Phi) is 9.97. The van der Waals surface area contributed by atoms with E-state index in [-0.39, 0.29) is 0 Å². The second-order valence-corrected chi connectivity index (χ2v) is 18.6. The zero-order chi connectivity index (χ0) is 45.0. The summed E-state index contributed by atoms with van der Waals surface area (Å²) in [7, 11) is 0. The minimum absolute atomic E-state index is 0.577. The van der Waals surface area contributed by atoms with E-state index in [1.165, 1.54) is 131 Å². The summed E-state index contributed by atoms with van der Waals surface area (Å²) in [6, 6.07) is 87.8. The first kappa shape index (κ1) is 40.1. The van der Waals surface area contributed by atoms with Crippen molar-refractivity contribution in [3.8, 4) is 39.1 Å². The van der Waals surface area contributed by atoms with Crippen LogP contribution in [0.4, 0.5) is 17.1 Å². The van der Waals surface area contributed by atoms with E-state index >= 15 is 0 Å². The average Bonchev–Trinajstić information content (AvgIpc) is 3.75. The lowest BCUT2D eigenvalue weighted by molar-refractivity contribution is 0.445. The van der Waals surface area contributed by atoms with Crippen LogP contribution < -0.4 is 4.90 Å². The number of hydrogen-bond acceptors (Lipinski definition) is 1. The fourth-order valence-corrected chi connectivity index (χ4v) is 11.6. The molecule has 1 saturated carbocycles. The molecular formula is C66H50N2. The van der Waals surface area contributed by atoms with Crippen LogP contribution in [0.15, 0.2) is 237 Å². The normalized spacial score (nSPS) is 13.2. The van der Waals surface area contributed by atoms with E-state index in [1.807, 2.05) is 0 Å². The van der Waals surface area contributed by atoms with Crippen LogP contribution in [0.1, 0.15) is 43.6 Å². The number of para-hydroxylation sites is 3. The number of nitrogens with zero attached hydrogens (tertiary/aromatic N) is 2. The minimum Gasteiger partial charge on any atom is -0.310 e. The maximum atomic E-state index is 2.49. The summed E-state index contributed by atoms with van der Waals surface area (Å²) in [4.78, 5) is 2.49. The van der Waals surface area contributed by atoms with Gasteiger partial charge in [-0.05, 0) is 145 Å². The third kappa shape index (κ3) is 6.87. The van der Waals surface area contributed by atoms with E-state index in [0.717, 1.165) is 17.1 Å². The predicted octanol–water partition coefficient (Wildman–Crippen LogP) is 18.8. The maximum absolute atomic E-state index is 2.49. The molecule has 0 bridgehead atoms. The molecule has 1 aliphatic carbocycles. The van der Waals surface area contributed by atoms with Crippen molar-refractivity contribution in [1.29, 1.82) is 0 Å². The molecule has 1 aliphatic rings. The highest BCUT2D eigenvalue weighted by Crippen LogP contribution is 2.47. The molecule has 12 aromatic rings. The Morgan fingerprint density at radius 2 is 1.01 bits per heavy atom. The largest absolute Gasteiger partial charge is 0.310 e. The van der Waals surface area contributed by atoms with Crippen LogP contribution in [0.5, 0.6) is 0 Å². The quantitative estimate of drug-likeness (QED) is 0.138. The van der Waals surface area contributed by atoms with Crippen molar-refractivity contribution in [2.24, 2.45) is 0 Å². The number of anilines is 3. The van der Waals surface area contributed by atoms with Gasteiger partial charge in [0.1, 0.15) is 0 Å². The van der Waals surface area contributed by atoms with Crippen molar-refractivity contribution in [3.05, 3.63) is 242 Å². The van der Waals surface area contributed by atoms with Crippen LogP contribution in [0.2, 0.25) is 0 Å². The molecule has 0 saturated heterocycles. The molecule has 2 heteroatoms. The number of fused-ring (bicyclic) bond motifs is 7. The van der Waals surface area contributed by atoms with Gasteiger partial charge in [0.2, 0.25) is 0 Å². The lowest BCUT2D eigenvalue weighted by atomic mass is 9.80. The van der Waals surface area contributed by atoms with Gasteiger partial charge in [-0.3, -0.25) is 0 Å². The van der Waals surface area contributed by atoms with Gasteiger partial charge in [0.05, 0.1) is 16.7 Å². The zero-order valence-corrected chi connectivity index (χ0v) is 38.0. The van der Waals surface area contributed by atoms with Crippen LogP contribution in [0, 0.1) is 0 Å². The maximum Gasteiger partial charge on any atom is 0.0541 e. The fraction of sp³-hybridized carbons (Fsp3) is 0.0909. The van der Waals surface area contributed by atoms with E-state index in [9.17, 15) is 0 Å². The van der Waals surface area contributed by atoms with Crippen LogP contribution >= 0.6 is 0 Å². The van der Waals surface area contributed by atoms with Gasteiger partial charge < -0.3 is 9.47 Å². The van der Waals surface area contributed by atoms with Crippen molar-refractivity contribution in [2.45, 2.75) is 38.0 Å². The zero-order valence-electron chi connectivity index (χ0n) is 38.0. The first-order valence-corrected chi connectivity index (χ1v) is 24.4. The third-order valence-corrected chi connectivity index (χ3v) is 14.8. The van der Waals surface area contributed by atoms with Crippen molar-refractivity contribution in [3.63, 3.8) is 0 Å². The third-order valence-electron chi connectivity index (χ3n) is 14.8. The molecule has 1 heterocycles. The molecule has 0 radical (unpaired) electrons. The first-order valence-electron chi connectivity index (χ1n) is 24.4. The number of aromatic nitrogens is 1. The molecule has 68 heavy (non-hydrogen) atoms. The number of hydrogen-bond donors (Lipinski definition) is 0. The van der Waals surface area contributed by atoms with Gasteiger partial charge in [-0.25, -0.2) is 0 Å². The van der Waals surface area contributed by atoms with E-state index < -0.39 is 0 Å². The monoisotopic (exact) mass is 870 g/mol. The van der Waals surface area contributed by atoms with Crippen LogP contribution in [-0.2, 0) is 0 Å². The standard InChI is InChI=1S/C66H50N2/c1-3-17-46(18-4-1)56-30-14-20-48-21-15-32-61(66(48)56)59-27-9-11-33-63(59)67(53-25-13-22-50(43-53)55-29-16-31-57-54-26-8-7-19-47(54)37-41-58(55)57)52-39-35-45(36-40-52)49-38-42-65-62(44-49)60-28-10-12-34-64(60)68(65)51-23-5-2-6-24-51/h2,5-16,19-44,46H,1,3-4,17-18H2. The minimum atomic E-state index is 0.577. The Morgan fingerprint density at radius 1 is 0.353 bits per heavy atom. The Labute approximate surface area is 398 Å². The van der Waals surface area contributed by atoms with Gasteiger partial charge in [0, 0.05) is 33.4 Å². The molecule has 0 spiro atoms. The predicted molar refractivity (Wildman–Crippen MR) is 290 cm³/mol. The van der Waals surface area contributed by atoms with E-state index in [4.69, 9.17) is 0 Å². The summed E-state index contributed by atoms with van der Waals surface area (Å²) in [5.41, 5.74) is 15.8. The van der Waals surface area contributed by atoms with Gasteiger partial charge in [0.15, 0.2) is 0 Å². The summed E-state index contributed by atoms with van der Waals surface area (Å²) in [6.07, 6.45) is 6.46. The molecule has 0 atom stereocenters. The second kappa shape index (κ2) is 16.9. The molecule has 11 aromatic carbocycles. The highest BCUT2D eigenvalue weighted by Gasteiger charge is 2.23. The Morgan fingerprint density at radius 3 is 1.90 bits per heavy atom. The molecule has 1 aromatic heterocycles. The smallest absolute Gasteiger partial charge is 0.0541 e. The summed E-state index contributed by atoms with van der Waals surface area (Å²) in [5.74, 6) is 0.577. The Balaban J connectivity index is 0.976. The fourth-order valence-electron chi connectivity index (χ4n) is 11.6. The average molecular weight is 871 g/mol. The van der Waals surface area contributed by atoms with Gasteiger partial charge in [-0.1, -0.05) is 195 Å². The van der Waals surface area contributed by atoms with E-state index in [0.29, 0.717) is 5.92 Å². The van der Waals surface area contributed by atoms with E-state index in [2.05, 4.69) is 246 Å². The Bertz CT molecular complexity index is 3830. The first-order chi connectivity index (χ1) is 33.7. The SMILES string of the molecule is c1ccc(-n2c3ccccc3c3cc(-c4ccc(N(c5cccc(-c6cccc7c6ccc6ccccc67)c5)c5ccccc5-c5cccc6cccc(C7CCCCC7)c56)cc4)ccc32)cc1. The van der Waals surface area contributed by atoms with Gasteiger partial charge in [0.25, 0.3) is 0 Å². The van der Waals surface area contributed by atoms with E-state index in [1.54, 1.807) is 0 Å². The Hall–Kier alpha value is -8.20. The summed E-state index contributed by atoms with van der Waals surface area (Å²) >= 11 is 0. The van der Waals surface area contributed by atoms with Crippen molar-refractivity contribution in [1.82, 2.24) is 4.57 Å². The molecule has 0 amide bonds. The highest BCUT2D eigenvalue weighted by molar-refractivity contribution is 6.13. The lowest BCUT2D eigenvalue weighted by Gasteiger charge is -2.29. The number of benzene rings is 11. The topological polar surface area (TPSA) is 8.17 Å². The molecule has 0 N–H and O–H groups in total. The van der Waals surface area contributed by atoms with Crippen molar-refractivity contribution >= 4 is 71.2 Å². The summed E-state index contributed by atoms with van der Waals surface area (Å²) in [6.45, 7) is 0. The molecule has 2 nitrogen and oxygen atoms in total. The van der Waals surface area contributed by atoms with Crippen molar-refractivity contribution < 1.29 is 0 Å². The van der Waals surface area contributed by atoms with Gasteiger partial charge in [-0.15, -0.1) is 0 Å². The molecule has 0 unspecified atom stereocenters. The van der Waals surface area contributed by atoms with Gasteiger partial charge in [-0.2, -0.15) is 0 Å². The van der Waals surface area contributed by atoms with Crippen LogP contribution in [-0.4, -0.2) is 4.57 Å². The van der Waals surface area contributed by atoms with Gasteiger partial charge >= 0.3 is 0 Å². The molecular weight excluding hydrogens is 821 g/mol. The molecule has 13 rings (SSSR count). The molecule has 324 valence electrons. The second-order valence-electron chi connectivity index (χ2n) is 18.6. The van der Waals surface area contributed by atoms with Crippen LogP contribution in [0.25, 0.3) is 93.2 Å².